The second-order valence-corrected chi connectivity index (χ2v) is 14.0. The van der Waals surface area contributed by atoms with Gasteiger partial charge in [0.1, 0.15) is 0 Å². The van der Waals surface area contributed by atoms with E-state index < -0.39 is 0 Å². The van der Waals surface area contributed by atoms with Crippen LogP contribution in [0.2, 0.25) is 0 Å². The molecule has 3 aromatic heterocycles. The fraction of sp³-hybridized carbons (Fsp3) is 0. The molecule has 0 aliphatic rings. The van der Waals surface area contributed by atoms with E-state index in [0.29, 0.717) is 0 Å². The first-order valence-corrected chi connectivity index (χ1v) is 17.6. The van der Waals surface area contributed by atoms with Crippen molar-refractivity contribution in [3.63, 3.8) is 0 Å². The molecule has 0 bridgehead atoms. The van der Waals surface area contributed by atoms with Gasteiger partial charge in [-0.05, 0) is 77.2 Å². The molecule has 3 heterocycles. The van der Waals surface area contributed by atoms with Crippen LogP contribution < -0.4 is 0 Å². The molecule has 0 fully saturated rings. The van der Waals surface area contributed by atoms with Crippen LogP contribution >= 0.6 is 11.3 Å². The highest BCUT2D eigenvalue weighted by atomic mass is 32.1. The van der Waals surface area contributed by atoms with E-state index in [4.69, 9.17) is 0 Å². The van der Waals surface area contributed by atoms with Crippen molar-refractivity contribution >= 4 is 85.9 Å². The van der Waals surface area contributed by atoms with Crippen LogP contribution in [0.3, 0.4) is 0 Å². The highest BCUT2D eigenvalue weighted by Gasteiger charge is 2.19. The van der Waals surface area contributed by atoms with Crippen LogP contribution in [0.4, 0.5) is 0 Å². The average molecular weight is 641 g/mol. The summed E-state index contributed by atoms with van der Waals surface area (Å²) in [7, 11) is 0. The van der Waals surface area contributed by atoms with E-state index in [1.807, 2.05) is 11.3 Å². The van der Waals surface area contributed by atoms with Crippen molar-refractivity contribution in [3.05, 3.63) is 170 Å². The Balaban J connectivity index is 1.14. The van der Waals surface area contributed by atoms with Gasteiger partial charge in [0.25, 0.3) is 0 Å². The molecule has 0 spiro atoms. The average Bonchev–Trinajstić information content (AvgIpc) is 3.82. The highest BCUT2D eigenvalue weighted by molar-refractivity contribution is 7.25. The lowest BCUT2D eigenvalue weighted by atomic mass is 10.0. The van der Waals surface area contributed by atoms with Gasteiger partial charge in [0, 0.05) is 47.1 Å². The minimum atomic E-state index is 1.21. The van der Waals surface area contributed by atoms with Crippen molar-refractivity contribution in [1.82, 2.24) is 9.13 Å². The number of fused-ring (bicyclic) bond motifs is 10. The van der Waals surface area contributed by atoms with Crippen molar-refractivity contribution in [2.75, 3.05) is 0 Å². The largest absolute Gasteiger partial charge is 0.309 e. The van der Waals surface area contributed by atoms with E-state index in [1.165, 1.54) is 97.1 Å². The maximum absolute atomic E-state index is 2.47. The van der Waals surface area contributed by atoms with Crippen molar-refractivity contribution in [2.24, 2.45) is 0 Å². The predicted octanol–water partition coefficient (Wildman–Crippen LogP) is 13.1. The molecule has 11 rings (SSSR count). The molecule has 2 nitrogen and oxygen atoms in total. The third-order valence-corrected chi connectivity index (χ3v) is 11.4. The van der Waals surface area contributed by atoms with Gasteiger partial charge in [-0.1, -0.05) is 109 Å². The molecule has 3 heteroatoms. The van der Waals surface area contributed by atoms with Crippen molar-refractivity contribution in [2.45, 2.75) is 0 Å². The Labute approximate surface area is 286 Å². The highest BCUT2D eigenvalue weighted by Crippen LogP contribution is 2.42. The lowest BCUT2D eigenvalue weighted by Gasteiger charge is -2.12. The zero-order valence-electron chi connectivity index (χ0n) is 26.5. The maximum Gasteiger partial charge on any atom is 0.0555 e. The number of thiophene rings is 1. The van der Waals surface area contributed by atoms with Crippen molar-refractivity contribution in [3.8, 4) is 22.5 Å². The van der Waals surface area contributed by atoms with Crippen molar-refractivity contribution < 1.29 is 0 Å². The topological polar surface area (TPSA) is 9.86 Å². The first-order chi connectivity index (χ1) is 24.3. The standard InChI is InChI=1S/C46H28N2S/c1-2-13-32-29(11-1)12-9-19-38(32)47-39-17-6-3-14-33(39)36-27-30(23-25-41(36)47)31-24-26-42-37(28-31)34-15-4-7-18-40(34)48(42)43-20-10-22-45-46(43)35-16-5-8-21-44(35)49-45/h1-28H. The van der Waals surface area contributed by atoms with Crippen LogP contribution in [0.15, 0.2) is 170 Å². The summed E-state index contributed by atoms with van der Waals surface area (Å²) in [6.45, 7) is 0. The zero-order valence-corrected chi connectivity index (χ0v) is 27.3. The van der Waals surface area contributed by atoms with E-state index in [9.17, 15) is 0 Å². The number of para-hydroxylation sites is 2. The molecule has 0 atom stereocenters. The summed E-state index contributed by atoms with van der Waals surface area (Å²) < 4.78 is 7.54. The van der Waals surface area contributed by atoms with E-state index >= 15 is 0 Å². The first-order valence-electron chi connectivity index (χ1n) is 16.8. The van der Waals surface area contributed by atoms with Gasteiger partial charge in [-0.15, -0.1) is 11.3 Å². The van der Waals surface area contributed by atoms with Gasteiger partial charge in [0.05, 0.1) is 33.4 Å². The number of hydrogen-bond acceptors (Lipinski definition) is 1. The minimum Gasteiger partial charge on any atom is -0.309 e. The summed E-state index contributed by atoms with van der Waals surface area (Å²) in [5, 5.41) is 10.2. The Morgan fingerprint density at radius 1 is 0.327 bits per heavy atom. The molecule has 8 aromatic carbocycles. The normalized spacial score (nSPS) is 12.1. The number of hydrogen-bond donors (Lipinski definition) is 0. The molecule has 0 aliphatic carbocycles. The summed E-state index contributed by atoms with van der Waals surface area (Å²) in [5.41, 5.74) is 9.77. The lowest BCUT2D eigenvalue weighted by molar-refractivity contribution is 1.20. The van der Waals surface area contributed by atoms with Gasteiger partial charge in [-0.3, -0.25) is 0 Å². The third kappa shape index (κ3) is 3.82. The molecular formula is C46H28N2S. The molecule has 0 N–H and O–H groups in total. The van der Waals surface area contributed by atoms with Gasteiger partial charge >= 0.3 is 0 Å². The van der Waals surface area contributed by atoms with Gasteiger partial charge in [0.15, 0.2) is 0 Å². The summed E-state index contributed by atoms with van der Waals surface area (Å²) in [6.07, 6.45) is 0. The molecule has 0 radical (unpaired) electrons. The lowest BCUT2D eigenvalue weighted by Crippen LogP contribution is -1.95. The van der Waals surface area contributed by atoms with Crippen molar-refractivity contribution in [1.29, 1.82) is 0 Å². The molecular weight excluding hydrogens is 613 g/mol. The number of rotatable bonds is 3. The summed E-state index contributed by atoms with van der Waals surface area (Å²) in [4.78, 5) is 0. The Morgan fingerprint density at radius 2 is 0.816 bits per heavy atom. The summed E-state index contributed by atoms with van der Waals surface area (Å²) >= 11 is 1.87. The van der Waals surface area contributed by atoms with Gasteiger partial charge in [-0.25, -0.2) is 0 Å². The Kier molecular flexibility index (Phi) is 5.57. The Morgan fingerprint density at radius 3 is 1.53 bits per heavy atom. The number of benzene rings is 8. The molecule has 0 aliphatic heterocycles. The fourth-order valence-electron chi connectivity index (χ4n) is 8.17. The third-order valence-electron chi connectivity index (χ3n) is 10.3. The number of aromatic nitrogens is 2. The molecule has 49 heavy (non-hydrogen) atoms. The van der Waals surface area contributed by atoms with Crippen LogP contribution in [0, 0.1) is 0 Å². The SMILES string of the molecule is c1ccc2c(-n3c4ccccc4c4cc(-c5ccc6c(c5)c5ccccc5n6-c5cccc6sc7ccccc7c56)ccc43)cccc2c1. The molecule has 0 unspecified atom stereocenters. The van der Waals surface area contributed by atoms with Crippen LogP contribution in [0.5, 0.6) is 0 Å². The Hall–Kier alpha value is -6.16. The fourth-order valence-corrected chi connectivity index (χ4v) is 9.30. The Bertz CT molecular complexity index is 3110. The molecule has 0 saturated heterocycles. The van der Waals surface area contributed by atoms with Crippen LogP contribution in [-0.4, -0.2) is 9.13 Å². The molecule has 11 aromatic rings. The second-order valence-electron chi connectivity index (χ2n) is 12.9. The monoisotopic (exact) mass is 640 g/mol. The van der Waals surface area contributed by atoms with E-state index in [2.05, 4.69) is 179 Å². The van der Waals surface area contributed by atoms with E-state index in [1.54, 1.807) is 0 Å². The predicted molar refractivity (Wildman–Crippen MR) is 211 cm³/mol. The smallest absolute Gasteiger partial charge is 0.0555 e. The van der Waals surface area contributed by atoms with Gasteiger partial charge in [0.2, 0.25) is 0 Å². The zero-order chi connectivity index (χ0) is 32.1. The number of nitrogens with zero attached hydrogens (tertiary/aromatic N) is 2. The molecule has 0 saturated carbocycles. The van der Waals surface area contributed by atoms with Gasteiger partial charge in [-0.2, -0.15) is 0 Å². The van der Waals surface area contributed by atoms with Crippen LogP contribution in [0.25, 0.3) is 97.1 Å². The van der Waals surface area contributed by atoms with Crippen LogP contribution in [-0.2, 0) is 0 Å². The second kappa shape index (κ2) is 10.2. The molecule has 228 valence electrons. The maximum atomic E-state index is 2.47. The van der Waals surface area contributed by atoms with Gasteiger partial charge < -0.3 is 9.13 Å². The minimum absolute atomic E-state index is 1.21. The first kappa shape index (κ1) is 26.9. The summed E-state index contributed by atoms with van der Waals surface area (Å²) in [5.74, 6) is 0. The molecule has 0 amide bonds. The van der Waals surface area contributed by atoms with E-state index in [-0.39, 0.29) is 0 Å². The summed E-state index contributed by atoms with van der Waals surface area (Å²) in [6, 6.07) is 62.4. The van der Waals surface area contributed by atoms with E-state index in [0.717, 1.165) is 0 Å². The van der Waals surface area contributed by atoms with Crippen LogP contribution in [0.1, 0.15) is 0 Å². The quantitative estimate of drug-likeness (QED) is 0.182.